The first-order valence-electron chi connectivity index (χ1n) is 7.77. The zero-order valence-electron chi connectivity index (χ0n) is 12.9. The molecule has 2 rings (SSSR count). The summed E-state index contributed by atoms with van der Waals surface area (Å²) < 4.78 is 9.43. The van der Waals surface area contributed by atoms with Crippen LogP contribution >= 0.6 is 11.5 Å². The van der Waals surface area contributed by atoms with Crippen LogP contribution in [0.15, 0.2) is 0 Å². The normalized spacial score (nSPS) is 23.8. The molecule has 2 unspecified atom stereocenters. The Morgan fingerprint density at radius 3 is 2.90 bits per heavy atom. The summed E-state index contributed by atoms with van der Waals surface area (Å²) in [5.74, 6) is 2.61. The Bertz CT molecular complexity index is 394. The van der Waals surface area contributed by atoms with Crippen LogP contribution in [0.5, 0.6) is 0 Å². The first kappa shape index (κ1) is 15.7. The molecule has 0 amide bonds. The van der Waals surface area contributed by atoms with E-state index in [4.69, 9.17) is 4.74 Å². The third kappa shape index (κ3) is 4.70. The summed E-state index contributed by atoms with van der Waals surface area (Å²) >= 11 is 1.48. The first-order valence-corrected chi connectivity index (χ1v) is 8.54. The molecule has 114 valence electrons. The van der Waals surface area contributed by atoms with Gasteiger partial charge in [0.05, 0.1) is 6.61 Å². The minimum Gasteiger partial charge on any atom is -0.384 e. The molecule has 0 bridgehead atoms. The average Bonchev–Trinajstić information content (AvgIpc) is 2.72. The van der Waals surface area contributed by atoms with Crippen LogP contribution in [0.3, 0.4) is 0 Å². The fraction of sp³-hybridized carbons (Fsp3) is 0.867. The van der Waals surface area contributed by atoms with Crippen molar-refractivity contribution in [2.24, 2.45) is 11.8 Å². The summed E-state index contributed by atoms with van der Waals surface area (Å²) in [7, 11) is 1.71. The first-order chi connectivity index (χ1) is 9.69. The van der Waals surface area contributed by atoms with Crippen molar-refractivity contribution in [3.63, 3.8) is 0 Å². The molecule has 1 fully saturated rings. The SMILES string of the molecule is COCCc1nsc(NC2CCCC(C(C)C)CC2)n1. The van der Waals surface area contributed by atoms with E-state index in [2.05, 4.69) is 28.5 Å². The number of hydrogen-bond donors (Lipinski definition) is 1. The number of methoxy groups -OCH3 is 1. The van der Waals surface area contributed by atoms with Gasteiger partial charge in [-0.05, 0) is 31.1 Å². The van der Waals surface area contributed by atoms with Crippen molar-refractivity contribution in [3.05, 3.63) is 5.82 Å². The molecule has 4 nitrogen and oxygen atoms in total. The van der Waals surface area contributed by atoms with Crippen LogP contribution < -0.4 is 5.32 Å². The average molecular weight is 297 g/mol. The number of rotatable bonds is 6. The molecule has 1 saturated carbocycles. The van der Waals surface area contributed by atoms with E-state index < -0.39 is 0 Å². The monoisotopic (exact) mass is 297 g/mol. The van der Waals surface area contributed by atoms with Crippen molar-refractivity contribution in [3.8, 4) is 0 Å². The van der Waals surface area contributed by atoms with Crippen molar-refractivity contribution < 1.29 is 4.74 Å². The fourth-order valence-electron chi connectivity index (χ4n) is 2.92. The third-order valence-electron chi connectivity index (χ3n) is 4.28. The molecule has 1 aromatic heterocycles. The highest BCUT2D eigenvalue weighted by Crippen LogP contribution is 2.30. The molecule has 0 aliphatic heterocycles. The molecule has 0 radical (unpaired) electrons. The van der Waals surface area contributed by atoms with Gasteiger partial charge >= 0.3 is 0 Å². The smallest absolute Gasteiger partial charge is 0.202 e. The fourth-order valence-corrected chi connectivity index (χ4v) is 3.61. The highest BCUT2D eigenvalue weighted by Gasteiger charge is 2.21. The van der Waals surface area contributed by atoms with Crippen molar-refractivity contribution in [1.29, 1.82) is 0 Å². The zero-order valence-corrected chi connectivity index (χ0v) is 13.7. The van der Waals surface area contributed by atoms with Gasteiger partial charge < -0.3 is 10.1 Å². The molecule has 1 N–H and O–H groups in total. The van der Waals surface area contributed by atoms with Crippen LogP contribution in [0, 0.1) is 11.8 Å². The molecule has 1 aliphatic carbocycles. The van der Waals surface area contributed by atoms with E-state index in [1.165, 1.54) is 43.6 Å². The number of ether oxygens (including phenoxy) is 1. The van der Waals surface area contributed by atoms with Gasteiger partial charge in [-0.25, -0.2) is 4.98 Å². The Morgan fingerprint density at radius 2 is 2.15 bits per heavy atom. The van der Waals surface area contributed by atoms with E-state index in [9.17, 15) is 0 Å². The summed E-state index contributed by atoms with van der Waals surface area (Å²) in [6.07, 6.45) is 7.37. The van der Waals surface area contributed by atoms with Gasteiger partial charge in [0, 0.05) is 31.1 Å². The molecule has 0 aromatic carbocycles. The van der Waals surface area contributed by atoms with Gasteiger partial charge in [-0.2, -0.15) is 4.37 Å². The second-order valence-corrected chi connectivity index (χ2v) is 6.86. The lowest BCUT2D eigenvalue weighted by molar-refractivity contribution is 0.201. The molecule has 5 heteroatoms. The molecule has 0 spiro atoms. The topological polar surface area (TPSA) is 47.0 Å². The van der Waals surface area contributed by atoms with Crippen LogP contribution in [0.4, 0.5) is 5.13 Å². The molecular formula is C15H27N3OS. The van der Waals surface area contributed by atoms with Crippen LogP contribution in [-0.4, -0.2) is 29.1 Å². The molecular weight excluding hydrogens is 270 g/mol. The number of hydrogen-bond acceptors (Lipinski definition) is 5. The van der Waals surface area contributed by atoms with E-state index in [0.717, 1.165) is 29.2 Å². The lowest BCUT2D eigenvalue weighted by atomic mass is 9.89. The summed E-state index contributed by atoms with van der Waals surface area (Å²) in [5, 5.41) is 4.56. The van der Waals surface area contributed by atoms with Crippen LogP contribution in [0.1, 0.15) is 51.8 Å². The summed E-state index contributed by atoms with van der Waals surface area (Å²) in [5.41, 5.74) is 0. The summed E-state index contributed by atoms with van der Waals surface area (Å²) in [4.78, 5) is 4.54. The number of anilines is 1. The van der Waals surface area contributed by atoms with Gasteiger partial charge in [0.2, 0.25) is 5.13 Å². The molecule has 0 saturated heterocycles. The van der Waals surface area contributed by atoms with Crippen molar-refractivity contribution in [2.45, 2.75) is 58.4 Å². The highest BCUT2D eigenvalue weighted by molar-refractivity contribution is 7.09. The summed E-state index contributed by atoms with van der Waals surface area (Å²) in [6.45, 7) is 5.40. The van der Waals surface area contributed by atoms with Crippen molar-refractivity contribution in [1.82, 2.24) is 9.36 Å². The van der Waals surface area contributed by atoms with E-state index in [0.29, 0.717) is 12.6 Å². The summed E-state index contributed by atoms with van der Waals surface area (Å²) in [6, 6.07) is 0.571. The van der Waals surface area contributed by atoms with Crippen LogP contribution in [-0.2, 0) is 11.2 Å². The van der Waals surface area contributed by atoms with E-state index in [1.807, 2.05) is 0 Å². The lowest BCUT2D eigenvalue weighted by Gasteiger charge is -2.18. The maximum Gasteiger partial charge on any atom is 0.202 e. The predicted octanol–water partition coefficient (Wildman–Crippen LogP) is 3.74. The highest BCUT2D eigenvalue weighted by atomic mass is 32.1. The van der Waals surface area contributed by atoms with Crippen LogP contribution in [0.25, 0.3) is 0 Å². The molecule has 1 aromatic rings. The maximum atomic E-state index is 5.06. The minimum absolute atomic E-state index is 0.571. The second kappa shape index (κ2) is 7.93. The maximum absolute atomic E-state index is 5.06. The van der Waals surface area contributed by atoms with Crippen molar-refractivity contribution in [2.75, 3.05) is 19.0 Å². The Hall–Kier alpha value is -0.680. The Kier molecular flexibility index (Phi) is 6.23. The number of aromatic nitrogens is 2. The standard InChI is InChI=1S/C15H27N3OS/c1-11(2)12-5-4-6-13(8-7-12)16-15-17-14(18-20-15)9-10-19-3/h11-13H,4-10H2,1-3H3,(H,16,17,18). The number of nitrogens with zero attached hydrogens (tertiary/aromatic N) is 2. The van der Waals surface area contributed by atoms with E-state index in [-0.39, 0.29) is 0 Å². The molecule has 1 aliphatic rings. The van der Waals surface area contributed by atoms with E-state index in [1.54, 1.807) is 7.11 Å². The zero-order chi connectivity index (χ0) is 14.4. The van der Waals surface area contributed by atoms with Gasteiger partial charge in [0.25, 0.3) is 0 Å². The molecule has 20 heavy (non-hydrogen) atoms. The lowest BCUT2D eigenvalue weighted by Crippen LogP contribution is -2.18. The van der Waals surface area contributed by atoms with E-state index >= 15 is 0 Å². The predicted molar refractivity (Wildman–Crippen MR) is 84.3 cm³/mol. The quantitative estimate of drug-likeness (QED) is 0.812. The van der Waals surface area contributed by atoms with Gasteiger partial charge in [0.1, 0.15) is 5.82 Å². The second-order valence-electron chi connectivity index (χ2n) is 6.11. The Labute approximate surface area is 126 Å². The van der Waals surface area contributed by atoms with Gasteiger partial charge in [-0.15, -0.1) is 0 Å². The minimum atomic E-state index is 0.571. The van der Waals surface area contributed by atoms with Gasteiger partial charge in [-0.3, -0.25) is 0 Å². The number of nitrogens with one attached hydrogen (secondary N) is 1. The third-order valence-corrected chi connectivity index (χ3v) is 4.97. The molecule has 2 atom stereocenters. The van der Waals surface area contributed by atoms with Crippen molar-refractivity contribution >= 4 is 16.7 Å². The van der Waals surface area contributed by atoms with Crippen LogP contribution in [0.2, 0.25) is 0 Å². The van der Waals surface area contributed by atoms with Gasteiger partial charge in [0.15, 0.2) is 0 Å². The largest absolute Gasteiger partial charge is 0.384 e. The molecule has 1 heterocycles. The Balaban J connectivity index is 1.82. The van der Waals surface area contributed by atoms with Gasteiger partial charge in [-0.1, -0.05) is 26.7 Å². The Morgan fingerprint density at radius 1 is 1.30 bits per heavy atom.